The SMILES string of the molecule is C[Se]CC[C@H](N)C(=O)OC(=O)[C@@H](N)CC[Se]C. The Balaban J connectivity index is 3.97. The molecule has 0 unspecified atom stereocenters. The molecular formula is C10H20N2O3Se2. The summed E-state index contributed by atoms with van der Waals surface area (Å²) in [7, 11) is 0. The van der Waals surface area contributed by atoms with Crippen molar-refractivity contribution in [2.45, 2.75) is 47.2 Å². The van der Waals surface area contributed by atoms with E-state index in [1.165, 1.54) is 0 Å². The van der Waals surface area contributed by atoms with Gasteiger partial charge in [-0.2, -0.15) is 0 Å². The van der Waals surface area contributed by atoms with E-state index in [0.717, 1.165) is 10.6 Å². The minimum absolute atomic E-state index is 0.474. The summed E-state index contributed by atoms with van der Waals surface area (Å²) >= 11 is 0.947. The van der Waals surface area contributed by atoms with Crippen LogP contribution in [0, 0.1) is 0 Å². The quantitative estimate of drug-likeness (QED) is 0.350. The summed E-state index contributed by atoms with van der Waals surface area (Å²) in [5, 5.41) is 1.81. The zero-order chi connectivity index (χ0) is 13.3. The number of carbonyl (C=O) groups is 2. The van der Waals surface area contributed by atoms with Crippen LogP contribution in [0.15, 0.2) is 0 Å². The average Bonchev–Trinajstić information content (AvgIpc) is 2.32. The van der Waals surface area contributed by atoms with E-state index in [2.05, 4.69) is 16.4 Å². The second-order valence-electron chi connectivity index (χ2n) is 3.52. The fraction of sp³-hybridized carbons (Fsp3) is 0.800. The molecule has 0 radical (unpaired) electrons. The van der Waals surface area contributed by atoms with Crippen molar-refractivity contribution in [3.05, 3.63) is 0 Å². The second kappa shape index (κ2) is 10.1. The van der Waals surface area contributed by atoms with E-state index in [-0.39, 0.29) is 0 Å². The first-order valence-corrected chi connectivity index (χ1v) is 11.1. The third-order valence-corrected chi connectivity index (χ3v) is 4.77. The van der Waals surface area contributed by atoms with Crippen LogP contribution >= 0.6 is 0 Å². The molecule has 100 valence electrons. The summed E-state index contributed by atoms with van der Waals surface area (Å²) in [6.07, 6.45) is 1.13. The van der Waals surface area contributed by atoms with Gasteiger partial charge in [-0.1, -0.05) is 0 Å². The van der Waals surface area contributed by atoms with E-state index in [1.54, 1.807) is 0 Å². The normalized spacial score (nSPS) is 14.1. The molecule has 0 aromatic carbocycles. The first kappa shape index (κ1) is 17.1. The van der Waals surface area contributed by atoms with Crippen LogP contribution < -0.4 is 11.5 Å². The summed E-state index contributed by atoms with van der Waals surface area (Å²) in [5.41, 5.74) is 11.2. The number of carbonyl (C=O) groups excluding carboxylic acids is 2. The fourth-order valence-electron chi connectivity index (χ4n) is 0.976. The summed E-state index contributed by atoms with van der Waals surface area (Å²) < 4.78 is 4.65. The fourth-order valence-corrected chi connectivity index (χ4v) is 3.03. The van der Waals surface area contributed by atoms with Gasteiger partial charge in [0.25, 0.3) is 0 Å². The van der Waals surface area contributed by atoms with Gasteiger partial charge in [0.1, 0.15) is 0 Å². The predicted octanol–water partition coefficient (Wildman–Crippen LogP) is -0.168. The topological polar surface area (TPSA) is 95.4 Å². The third-order valence-electron chi connectivity index (χ3n) is 2.07. The standard InChI is InChI=1S/C10H20N2O3Se2/c1-16-5-3-7(11)9(13)15-10(14)8(12)4-6-17-2/h7-8H,3-6,11-12H2,1-2H3/t7-,8-/m0/s1. The van der Waals surface area contributed by atoms with Gasteiger partial charge in [-0.05, 0) is 0 Å². The molecule has 0 aromatic heterocycles. The van der Waals surface area contributed by atoms with Crippen molar-refractivity contribution in [1.29, 1.82) is 0 Å². The Bertz CT molecular complexity index is 228. The molecule has 0 aliphatic heterocycles. The summed E-state index contributed by atoms with van der Waals surface area (Å²) in [6.45, 7) is 0. The van der Waals surface area contributed by atoms with Crippen LogP contribution in [0.4, 0.5) is 0 Å². The van der Waals surface area contributed by atoms with Crippen LogP contribution in [-0.2, 0) is 14.3 Å². The third kappa shape index (κ3) is 7.92. The molecule has 0 heterocycles. The van der Waals surface area contributed by atoms with Gasteiger partial charge in [0, 0.05) is 0 Å². The first-order valence-electron chi connectivity index (χ1n) is 5.27. The van der Waals surface area contributed by atoms with Crippen LogP contribution in [0.25, 0.3) is 0 Å². The monoisotopic (exact) mass is 376 g/mol. The van der Waals surface area contributed by atoms with Crippen molar-refractivity contribution in [3.63, 3.8) is 0 Å². The molecule has 17 heavy (non-hydrogen) atoms. The molecule has 5 nitrogen and oxygen atoms in total. The first-order chi connectivity index (χ1) is 8.02. The van der Waals surface area contributed by atoms with Crippen molar-refractivity contribution < 1.29 is 14.3 Å². The molecule has 2 atom stereocenters. The van der Waals surface area contributed by atoms with E-state index in [4.69, 9.17) is 11.5 Å². The molecule has 0 aromatic rings. The van der Waals surface area contributed by atoms with Crippen molar-refractivity contribution in [1.82, 2.24) is 0 Å². The Morgan fingerprint density at radius 3 is 1.65 bits per heavy atom. The number of ether oxygens (including phenoxy) is 1. The molecule has 0 saturated heterocycles. The molecule has 0 rings (SSSR count). The van der Waals surface area contributed by atoms with Gasteiger partial charge in [0.05, 0.1) is 0 Å². The molecule has 0 saturated carbocycles. The van der Waals surface area contributed by atoms with Crippen LogP contribution in [0.5, 0.6) is 0 Å². The van der Waals surface area contributed by atoms with E-state index in [0.29, 0.717) is 42.8 Å². The Kier molecular flexibility index (Phi) is 10.1. The molecule has 7 heteroatoms. The summed E-state index contributed by atoms with van der Waals surface area (Å²) in [6, 6.07) is -1.41. The number of rotatable bonds is 8. The van der Waals surface area contributed by atoms with Gasteiger partial charge in [-0.25, -0.2) is 0 Å². The second-order valence-corrected chi connectivity index (χ2v) is 7.65. The van der Waals surface area contributed by atoms with Crippen LogP contribution in [-0.4, -0.2) is 53.9 Å². The molecule has 0 bridgehead atoms. The molecule has 0 fully saturated rings. The van der Waals surface area contributed by atoms with Crippen LogP contribution in [0.3, 0.4) is 0 Å². The predicted molar refractivity (Wildman–Crippen MR) is 69.1 cm³/mol. The van der Waals surface area contributed by atoms with Crippen molar-refractivity contribution in [3.8, 4) is 0 Å². The Labute approximate surface area is 115 Å². The van der Waals surface area contributed by atoms with Crippen molar-refractivity contribution in [2.24, 2.45) is 11.5 Å². The van der Waals surface area contributed by atoms with Gasteiger partial charge >= 0.3 is 115 Å². The Morgan fingerprint density at radius 2 is 1.35 bits per heavy atom. The molecule has 0 aliphatic rings. The number of nitrogens with two attached hydrogens (primary N) is 2. The van der Waals surface area contributed by atoms with Crippen molar-refractivity contribution >= 4 is 41.9 Å². The summed E-state index contributed by atoms with van der Waals surface area (Å²) in [4.78, 5) is 22.8. The van der Waals surface area contributed by atoms with E-state index < -0.39 is 24.0 Å². The van der Waals surface area contributed by atoms with Gasteiger partial charge in [-0.3, -0.25) is 0 Å². The number of esters is 2. The average molecular weight is 374 g/mol. The summed E-state index contributed by atoms with van der Waals surface area (Å²) in [5.74, 6) is 2.82. The molecule has 0 spiro atoms. The van der Waals surface area contributed by atoms with Gasteiger partial charge < -0.3 is 0 Å². The number of hydrogen-bond acceptors (Lipinski definition) is 5. The van der Waals surface area contributed by atoms with Gasteiger partial charge in [0.2, 0.25) is 0 Å². The zero-order valence-electron chi connectivity index (χ0n) is 10.2. The maximum atomic E-state index is 11.4. The number of hydrogen-bond donors (Lipinski definition) is 2. The molecule has 4 N–H and O–H groups in total. The Morgan fingerprint density at radius 1 is 1.00 bits per heavy atom. The van der Waals surface area contributed by atoms with Gasteiger partial charge in [0.15, 0.2) is 0 Å². The maximum absolute atomic E-state index is 11.4. The van der Waals surface area contributed by atoms with Crippen LogP contribution in [0.2, 0.25) is 22.3 Å². The van der Waals surface area contributed by atoms with Crippen molar-refractivity contribution in [2.75, 3.05) is 0 Å². The molecule has 0 aliphatic carbocycles. The van der Waals surface area contributed by atoms with E-state index in [9.17, 15) is 9.59 Å². The minimum atomic E-state index is -0.705. The molecular weight excluding hydrogens is 354 g/mol. The van der Waals surface area contributed by atoms with Crippen LogP contribution in [0.1, 0.15) is 12.8 Å². The van der Waals surface area contributed by atoms with E-state index >= 15 is 0 Å². The zero-order valence-corrected chi connectivity index (χ0v) is 13.6. The molecule has 0 amide bonds. The van der Waals surface area contributed by atoms with Gasteiger partial charge in [-0.15, -0.1) is 0 Å². The Hall–Kier alpha value is 0.0990. The van der Waals surface area contributed by atoms with E-state index in [1.807, 2.05) is 0 Å².